The Morgan fingerprint density at radius 3 is 2.13 bits per heavy atom. The van der Waals surface area contributed by atoms with Gasteiger partial charge < -0.3 is 83.5 Å². The number of aliphatic hydroxyl groups excluding tert-OH is 2. The molecular weight excluding hydrogens is 1180 g/mol. The number of fused-ring (bicyclic) bond motifs is 5. The van der Waals surface area contributed by atoms with Gasteiger partial charge in [0.15, 0.2) is 5.78 Å². The number of carbonyl (C=O) groups excluding carboxylic acids is 12. The van der Waals surface area contributed by atoms with Crippen molar-refractivity contribution in [2.24, 2.45) is 23.5 Å². The SMILES string of the molecule is CCC(C)C1NC(=O)CNC(=O)C2Cc3c([nH]c4cc(O)ccc34)S(=O)CC(NC(=O)CNC1=O)C(=O)CC(CC(N)=O)C(=O)N1CC(O)CC1C(=O)NC(C(C)C(O)COC(=O)NCCCCCCNC(=O)CCSSCCC(=O)NC)C(=O)N2. The minimum atomic E-state index is -2.40. The molecule has 2 bridgehead atoms. The zero-order chi connectivity index (χ0) is 63.2. The number of aromatic hydroxyl groups is 1. The molecule has 86 heavy (non-hydrogen) atoms. The molecule has 4 heterocycles. The number of H-pyrrole nitrogens is 1. The van der Waals surface area contributed by atoms with Crippen molar-refractivity contribution in [3.05, 3.63) is 23.8 Å². The Labute approximate surface area is 507 Å². The number of nitrogens with zero attached hydrogens (tertiary/aromatic N) is 1. The summed E-state index contributed by atoms with van der Waals surface area (Å²) in [6, 6.07) is -4.29. The number of carbonyl (C=O) groups is 12. The first-order valence-corrected chi connectivity index (χ1v) is 32.3. The third kappa shape index (κ3) is 21.1. The maximum atomic E-state index is 15.0. The van der Waals surface area contributed by atoms with E-state index in [-0.39, 0.29) is 45.6 Å². The van der Waals surface area contributed by atoms with Gasteiger partial charge in [0, 0.05) is 94.1 Å². The van der Waals surface area contributed by atoms with E-state index in [4.69, 9.17) is 10.5 Å². The lowest BCUT2D eigenvalue weighted by molar-refractivity contribution is -0.145. The summed E-state index contributed by atoms with van der Waals surface area (Å²) in [4.78, 5) is 167. The lowest BCUT2D eigenvalue weighted by Gasteiger charge is -2.32. The van der Waals surface area contributed by atoms with Crippen molar-refractivity contribution in [3.63, 3.8) is 0 Å². The molecule has 0 radical (unpaired) electrons. The summed E-state index contributed by atoms with van der Waals surface area (Å²) in [6.07, 6.45) is -2.98. The van der Waals surface area contributed by atoms with Gasteiger partial charge in [0.2, 0.25) is 59.1 Å². The number of phenolic OH excluding ortho intramolecular Hbond substituents is 1. The summed E-state index contributed by atoms with van der Waals surface area (Å²) >= 11 is 0. The van der Waals surface area contributed by atoms with Gasteiger partial charge in [0.25, 0.3) is 0 Å². The van der Waals surface area contributed by atoms with Gasteiger partial charge in [-0.2, -0.15) is 0 Å². The number of primary amides is 1. The van der Waals surface area contributed by atoms with Crippen molar-refractivity contribution in [1.82, 2.24) is 57.7 Å². The number of hydrogen-bond acceptors (Lipinski definition) is 19. The molecule has 3 aliphatic rings. The van der Waals surface area contributed by atoms with Gasteiger partial charge in [-0.25, -0.2) is 4.79 Å². The van der Waals surface area contributed by atoms with Crippen LogP contribution in [-0.4, -0.2) is 206 Å². The van der Waals surface area contributed by atoms with E-state index in [0.717, 1.165) is 11.3 Å². The number of unbranched alkanes of at least 4 members (excludes halogenated alkanes) is 3. The molecule has 1 aromatic heterocycles. The van der Waals surface area contributed by atoms with Crippen molar-refractivity contribution >= 4 is 114 Å². The zero-order valence-corrected chi connectivity index (χ0v) is 50.9. The number of Topliss-reactive ketones (excluding diaryl/α,β-unsaturated/α-hetero) is 1. The number of benzene rings is 1. The van der Waals surface area contributed by atoms with Crippen LogP contribution in [0.1, 0.15) is 90.5 Å². The van der Waals surface area contributed by atoms with Crippen LogP contribution in [0.4, 0.5) is 4.79 Å². The highest BCUT2D eigenvalue weighted by atomic mass is 33.1. The molecule has 3 aliphatic heterocycles. The molecule has 1 fully saturated rings. The number of amides is 11. The molecule has 15 N–H and O–H groups in total. The van der Waals surface area contributed by atoms with Crippen LogP contribution in [0.3, 0.4) is 0 Å². The molecule has 1 aromatic carbocycles. The molecule has 5 rings (SSSR count). The van der Waals surface area contributed by atoms with Gasteiger partial charge in [-0.3, -0.25) is 56.9 Å². The normalized spacial score (nSPS) is 24.0. The predicted octanol–water partition coefficient (Wildman–Crippen LogP) is -2.51. The second kappa shape index (κ2) is 34.3. The van der Waals surface area contributed by atoms with Crippen molar-refractivity contribution in [1.29, 1.82) is 0 Å². The summed E-state index contributed by atoms with van der Waals surface area (Å²) in [5.74, 6) is -12.5. The zero-order valence-electron chi connectivity index (χ0n) is 48.5. The number of hydrogen-bond donors (Lipinski definition) is 14. The molecule has 29 nitrogen and oxygen atoms in total. The third-order valence-corrected chi connectivity index (χ3v) is 18.8. The fourth-order valence-corrected chi connectivity index (χ4v) is 13.2. The van der Waals surface area contributed by atoms with Crippen molar-refractivity contribution in [2.75, 3.05) is 63.6 Å². The monoisotopic (exact) mass is 1260 g/mol. The van der Waals surface area contributed by atoms with E-state index in [2.05, 4.69) is 52.8 Å². The Bertz CT molecular complexity index is 2830. The molecular formula is C54H80N12O17S3. The number of aromatic nitrogens is 1. The van der Waals surface area contributed by atoms with Gasteiger partial charge in [0.05, 0.1) is 59.3 Å². The van der Waals surface area contributed by atoms with E-state index < -0.39 is 188 Å². The first-order valence-electron chi connectivity index (χ1n) is 28.5. The number of nitrogens with two attached hydrogens (primary N) is 1. The Morgan fingerprint density at radius 1 is 0.814 bits per heavy atom. The van der Waals surface area contributed by atoms with E-state index >= 15 is 0 Å². The lowest BCUT2D eigenvalue weighted by atomic mass is 9.93. The third-order valence-electron chi connectivity index (χ3n) is 14.9. The highest BCUT2D eigenvalue weighted by molar-refractivity contribution is 8.76. The number of rotatable bonds is 22. The van der Waals surface area contributed by atoms with Gasteiger partial charge in [-0.15, -0.1) is 0 Å². The Balaban J connectivity index is 1.42. The number of alkyl carbamates (subject to hydrolysis) is 1. The molecule has 1 saturated heterocycles. The molecule has 11 amide bonds. The summed E-state index contributed by atoms with van der Waals surface area (Å²) < 4.78 is 20.2. The van der Waals surface area contributed by atoms with Crippen LogP contribution in [-0.2, 0) is 74.7 Å². The first kappa shape index (κ1) is 69.7. The average Bonchev–Trinajstić information content (AvgIpc) is 1.99. The Kier molecular flexibility index (Phi) is 27.9. The minimum absolute atomic E-state index is 0.0445. The largest absolute Gasteiger partial charge is 0.508 e. The fourth-order valence-electron chi connectivity index (χ4n) is 9.79. The highest BCUT2D eigenvalue weighted by Gasteiger charge is 2.45. The minimum Gasteiger partial charge on any atom is -0.508 e. The van der Waals surface area contributed by atoms with E-state index in [9.17, 15) is 77.1 Å². The van der Waals surface area contributed by atoms with Crippen LogP contribution < -0.4 is 53.6 Å². The quantitative estimate of drug-likeness (QED) is 0.0428. The summed E-state index contributed by atoms with van der Waals surface area (Å²) in [5, 5.41) is 56.1. The van der Waals surface area contributed by atoms with E-state index in [1.54, 1.807) is 20.9 Å². The fraction of sp³-hybridized carbons (Fsp3) is 0.630. The van der Waals surface area contributed by atoms with Crippen molar-refractivity contribution < 1.29 is 81.8 Å². The number of ether oxygens (including phenoxy) is 1. The molecule has 476 valence electrons. The van der Waals surface area contributed by atoms with Crippen LogP contribution in [0.5, 0.6) is 5.75 Å². The lowest BCUT2D eigenvalue weighted by Crippen LogP contribution is -2.61. The Hall–Kier alpha value is -7.03. The summed E-state index contributed by atoms with van der Waals surface area (Å²) in [6.45, 7) is 2.51. The van der Waals surface area contributed by atoms with Crippen LogP contribution in [0, 0.1) is 17.8 Å². The Morgan fingerprint density at radius 2 is 1.47 bits per heavy atom. The van der Waals surface area contributed by atoms with Crippen molar-refractivity contribution in [3.8, 4) is 5.75 Å². The van der Waals surface area contributed by atoms with Crippen LogP contribution in [0.2, 0.25) is 0 Å². The first-order chi connectivity index (χ1) is 40.9. The topological polar surface area (TPSA) is 445 Å². The number of phenols is 1. The second-order valence-corrected chi connectivity index (χ2v) is 25.5. The molecule has 2 aromatic rings. The number of ketones is 1. The standard InChI is InChI=1S/C54H80N12O17S3/c1-5-28(2)46-50(78)60-23-44(74)61-37-27-86(82)52-34(33-11-10-31(67)20-35(33)63-52)22-36(48(76)59-24-45(75)64-46)62-51(79)47(65-49(77)38-21-32(68)25-66(38)53(80)30(18-39(37)69)19-41(55)71)29(3)40(70)26-83-54(81)58-15-9-7-6-8-14-57-43(73)13-17-85-84-16-12-42(72)56-4/h10-11,20,28-30,32,36-38,40,46-47,63,67-68,70H,5-9,12-19,21-27H2,1-4H3,(H2,55,71)(H,56,72)(H,57,73)(H,58,81)(H,59,76)(H,60,78)(H,61,74)(H,62,79)(H,64,75)(H,65,77). The molecule has 11 unspecified atom stereocenters. The molecule has 11 atom stereocenters. The maximum absolute atomic E-state index is 15.0. The van der Waals surface area contributed by atoms with Gasteiger partial charge in [-0.05, 0) is 36.5 Å². The smallest absolute Gasteiger partial charge is 0.407 e. The summed E-state index contributed by atoms with van der Waals surface area (Å²) in [5.41, 5.74) is 5.82. The van der Waals surface area contributed by atoms with Gasteiger partial charge in [0.1, 0.15) is 41.5 Å². The number of aromatic amines is 1. The highest BCUT2D eigenvalue weighted by Crippen LogP contribution is 2.31. The second-order valence-electron chi connectivity index (χ2n) is 21.4. The molecule has 0 spiro atoms. The average molecular weight is 1270 g/mol. The molecule has 32 heteroatoms. The van der Waals surface area contributed by atoms with Gasteiger partial charge in [-0.1, -0.05) is 61.6 Å². The van der Waals surface area contributed by atoms with Crippen LogP contribution in [0.25, 0.3) is 10.9 Å². The van der Waals surface area contributed by atoms with E-state index in [0.29, 0.717) is 56.6 Å². The summed E-state index contributed by atoms with van der Waals surface area (Å²) in [7, 11) is 2.23. The number of nitrogens with one attached hydrogen (secondary N) is 10. The molecule has 0 aliphatic carbocycles. The number of aliphatic hydroxyl groups is 2. The maximum Gasteiger partial charge on any atom is 0.407 e. The van der Waals surface area contributed by atoms with Crippen LogP contribution in [0.15, 0.2) is 23.2 Å². The van der Waals surface area contributed by atoms with Crippen molar-refractivity contribution in [2.45, 2.75) is 139 Å². The van der Waals surface area contributed by atoms with Crippen LogP contribution >= 0.6 is 21.6 Å². The van der Waals surface area contributed by atoms with E-state index in [1.807, 2.05) is 0 Å². The predicted molar refractivity (Wildman–Crippen MR) is 315 cm³/mol. The molecule has 0 saturated carbocycles. The van der Waals surface area contributed by atoms with E-state index in [1.165, 1.54) is 46.7 Å². The van der Waals surface area contributed by atoms with Gasteiger partial charge >= 0.3 is 6.09 Å².